The summed E-state index contributed by atoms with van der Waals surface area (Å²) in [5.74, 6) is 0.640. The topological polar surface area (TPSA) is 57.7 Å². The van der Waals surface area contributed by atoms with Gasteiger partial charge in [-0.25, -0.2) is 9.78 Å². The van der Waals surface area contributed by atoms with E-state index in [-0.39, 0.29) is 6.03 Å². The van der Waals surface area contributed by atoms with Crippen LogP contribution in [0, 0.1) is 0 Å². The predicted molar refractivity (Wildman–Crippen MR) is 102 cm³/mol. The minimum absolute atomic E-state index is 0.137. The zero-order valence-corrected chi connectivity index (χ0v) is 15.6. The van der Waals surface area contributed by atoms with E-state index in [4.69, 9.17) is 16.3 Å². The third-order valence-electron chi connectivity index (χ3n) is 3.90. The number of thiazole rings is 1. The van der Waals surface area contributed by atoms with Crippen molar-refractivity contribution < 1.29 is 9.53 Å². The van der Waals surface area contributed by atoms with Crippen molar-refractivity contribution in [1.82, 2.24) is 9.88 Å². The first kappa shape index (κ1) is 17.8. The van der Waals surface area contributed by atoms with E-state index in [0.717, 1.165) is 24.6 Å². The van der Waals surface area contributed by atoms with E-state index in [1.807, 2.05) is 12.3 Å². The van der Waals surface area contributed by atoms with Crippen molar-refractivity contribution in [3.8, 4) is 5.75 Å². The maximum absolute atomic E-state index is 12.6. The summed E-state index contributed by atoms with van der Waals surface area (Å²) in [6, 6.07) is 5.13. The van der Waals surface area contributed by atoms with Crippen LogP contribution in [0.1, 0.15) is 13.3 Å². The summed E-state index contributed by atoms with van der Waals surface area (Å²) in [6.45, 7) is 5.48. The van der Waals surface area contributed by atoms with E-state index in [0.29, 0.717) is 36.2 Å². The number of amides is 2. The van der Waals surface area contributed by atoms with Gasteiger partial charge in [0, 0.05) is 42.8 Å². The number of ether oxygens (including phenoxy) is 1. The van der Waals surface area contributed by atoms with Gasteiger partial charge in [0.2, 0.25) is 0 Å². The van der Waals surface area contributed by atoms with Crippen LogP contribution < -0.4 is 15.0 Å². The quantitative estimate of drug-likeness (QED) is 0.853. The Bertz CT molecular complexity index is 703. The summed E-state index contributed by atoms with van der Waals surface area (Å²) in [5.41, 5.74) is 0.605. The van der Waals surface area contributed by atoms with E-state index in [1.165, 1.54) is 0 Å². The van der Waals surface area contributed by atoms with E-state index in [2.05, 4.69) is 15.2 Å². The monoisotopic (exact) mass is 380 g/mol. The number of piperazine rings is 1. The van der Waals surface area contributed by atoms with E-state index in [1.54, 1.807) is 40.6 Å². The molecule has 1 N–H and O–H groups in total. The van der Waals surface area contributed by atoms with E-state index < -0.39 is 0 Å². The van der Waals surface area contributed by atoms with Gasteiger partial charge in [0.15, 0.2) is 5.13 Å². The molecule has 6 nitrogen and oxygen atoms in total. The third kappa shape index (κ3) is 4.55. The molecule has 0 bridgehead atoms. The fourth-order valence-corrected chi connectivity index (χ4v) is 3.47. The fourth-order valence-electron chi connectivity index (χ4n) is 2.60. The van der Waals surface area contributed by atoms with Gasteiger partial charge in [-0.2, -0.15) is 0 Å². The Kier molecular flexibility index (Phi) is 5.99. The fraction of sp³-hybridized carbons (Fsp3) is 0.412. The SMILES string of the molecule is CCCOc1ccc(Cl)cc1NC(=O)N1CCN(c2nccs2)CC1. The first-order valence-electron chi connectivity index (χ1n) is 8.30. The molecule has 2 heterocycles. The largest absolute Gasteiger partial charge is 0.491 e. The van der Waals surface area contributed by atoms with Crippen LogP contribution >= 0.6 is 22.9 Å². The molecule has 0 aliphatic carbocycles. The highest BCUT2D eigenvalue weighted by Crippen LogP contribution is 2.28. The van der Waals surface area contributed by atoms with Crippen LogP contribution in [0.4, 0.5) is 15.6 Å². The number of carbonyl (C=O) groups is 1. The summed E-state index contributed by atoms with van der Waals surface area (Å²) in [4.78, 5) is 20.9. The Balaban J connectivity index is 1.60. The molecule has 0 atom stereocenters. The van der Waals surface area contributed by atoms with Gasteiger partial charge in [0.1, 0.15) is 5.75 Å². The van der Waals surface area contributed by atoms with Gasteiger partial charge in [-0.3, -0.25) is 0 Å². The van der Waals surface area contributed by atoms with Gasteiger partial charge in [0.25, 0.3) is 0 Å². The summed E-state index contributed by atoms with van der Waals surface area (Å²) < 4.78 is 5.69. The maximum atomic E-state index is 12.6. The highest BCUT2D eigenvalue weighted by atomic mass is 35.5. The lowest BCUT2D eigenvalue weighted by Crippen LogP contribution is -2.50. The van der Waals surface area contributed by atoms with Crippen LogP contribution in [-0.2, 0) is 0 Å². The molecule has 3 rings (SSSR count). The van der Waals surface area contributed by atoms with Crippen LogP contribution in [0.2, 0.25) is 5.02 Å². The summed E-state index contributed by atoms with van der Waals surface area (Å²) in [7, 11) is 0. The Morgan fingerprint density at radius 1 is 1.36 bits per heavy atom. The predicted octanol–water partition coefficient (Wildman–Crippen LogP) is 3.94. The Labute approximate surface area is 156 Å². The molecule has 0 radical (unpaired) electrons. The number of hydrogen-bond donors (Lipinski definition) is 1. The summed E-state index contributed by atoms with van der Waals surface area (Å²) in [5, 5.41) is 6.46. The highest BCUT2D eigenvalue weighted by molar-refractivity contribution is 7.13. The van der Waals surface area contributed by atoms with Crippen molar-refractivity contribution in [3.63, 3.8) is 0 Å². The normalized spacial score (nSPS) is 14.5. The standard InChI is InChI=1S/C17H21ClN4O2S/c1-2-10-24-15-4-3-13(18)12-14(15)20-16(23)21-6-8-22(9-7-21)17-19-5-11-25-17/h3-5,11-12H,2,6-10H2,1H3,(H,20,23). The molecule has 2 amide bonds. The van der Waals surface area contributed by atoms with Crippen LogP contribution in [0.25, 0.3) is 0 Å². The second-order valence-electron chi connectivity index (χ2n) is 5.71. The molecule has 25 heavy (non-hydrogen) atoms. The maximum Gasteiger partial charge on any atom is 0.322 e. The molecule has 1 aromatic carbocycles. The van der Waals surface area contributed by atoms with Gasteiger partial charge in [-0.1, -0.05) is 18.5 Å². The first-order chi connectivity index (χ1) is 12.2. The first-order valence-corrected chi connectivity index (χ1v) is 9.56. The highest BCUT2D eigenvalue weighted by Gasteiger charge is 2.23. The zero-order valence-electron chi connectivity index (χ0n) is 14.1. The second-order valence-corrected chi connectivity index (χ2v) is 7.02. The number of benzene rings is 1. The minimum Gasteiger partial charge on any atom is -0.491 e. The molecule has 1 aromatic heterocycles. The van der Waals surface area contributed by atoms with Crippen molar-refractivity contribution in [1.29, 1.82) is 0 Å². The van der Waals surface area contributed by atoms with Gasteiger partial charge >= 0.3 is 6.03 Å². The van der Waals surface area contributed by atoms with Crippen molar-refractivity contribution >= 4 is 39.8 Å². The molecule has 1 aliphatic rings. The molecule has 1 aliphatic heterocycles. The number of rotatable bonds is 5. The van der Waals surface area contributed by atoms with Crippen LogP contribution in [0.3, 0.4) is 0 Å². The van der Waals surface area contributed by atoms with Crippen molar-refractivity contribution in [2.75, 3.05) is 43.0 Å². The molecule has 1 saturated heterocycles. The number of nitrogens with one attached hydrogen (secondary N) is 1. The Morgan fingerprint density at radius 3 is 2.84 bits per heavy atom. The number of carbonyl (C=O) groups excluding carboxylic acids is 1. The lowest BCUT2D eigenvalue weighted by atomic mass is 10.3. The van der Waals surface area contributed by atoms with Crippen molar-refractivity contribution in [2.24, 2.45) is 0 Å². The lowest BCUT2D eigenvalue weighted by Gasteiger charge is -2.34. The van der Waals surface area contributed by atoms with Crippen LogP contribution in [-0.4, -0.2) is 48.7 Å². The zero-order chi connectivity index (χ0) is 17.6. The van der Waals surface area contributed by atoms with Gasteiger partial charge in [-0.15, -0.1) is 11.3 Å². The molecule has 1 fully saturated rings. The van der Waals surface area contributed by atoms with E-state index >= 15 is 0 Å². The molecule has 134 valence electrons. The molecular formula is C17H21ClN4O2S. The number of halogens is 1. The molecular weight excluding hydrogens is 360 g/mol. The molecule has 0 spiro atoms. The molecule has 8 heteroatoms. The number of aromatic nitrogens is 1. The van der Waals surface area contributed by atoms with E-state index in [9.17, 15) is 4.79 Å². The van der Waals surface area contributed by atoms with Gasteiger partial charge in [-0.05, 0) is 24.6 Å². The van der Waals surface area contributed by atoms with Crippen molar-refractivity contribution in [2.45, 2.75) is 13.3 Å². The summed E-state index contributed by atoms with van der Waals surface area (Å²) >= 11 is 7.68. The Morgan fingerprint density at radius 2 is 2.16 bits per heavy atom. The second kappa shape index (κ2) is 8.40. The van der Waals surface area contributed by atoms with Crippen molar-refractivity contribution in [3.05, 3.63) is 34.8 Å². The van der Waals surface area contributed by atoms with Crippen LogP contribution in [0.5, 0.6) is 5.75 Å². The van der Waals surface area contributed by atoms with Gasteiger partial charge < -0.3 is 19.9 Å². The number of anilines is 2. The smallest absolute Gasteiger partial charge is 0.322 e. The lowest BCUT2D eigenvalue weighted by molar-refractivity contribution is 0.208. The minimum atomic E-state index is -0.137. The molecule has 0 unspecified atom stereocenters. The van der Waals surface area contributed by atoms with Crippen LogP contribution in [0.15, 0.2) is 29.8 Å². The third-order valence-corrected chi connectivity index (χ3v) is 4.97. The van der Waals surface area contributed by atoms with Gasteiger partial charge in [0.05, 0.1) is 12.3 Å². The number of hydrogen-bond acceptors (Lipinski definition) is 5. The number of nitrogens with zero attached hydrogens (tertiary/aromatic N) is 3. The summed E-state index contributed by atoms with van der Waals surface area (Å²) in [6.07, 6.45) is 2.70. The Hall–Kier alpha value is -1.99. The average Bonchev–Trinajstić information content (AvgIpc) is 3.16. The average molecular weight is 381 g/mol. The molecule has 2 aromatic rings. The molecule has 0 saturated carbocycles. The number of urea groups is 1.